The van der Waals surface area contributed by atoms with Gasteiger partial charge >= 0.3 is 0 Å². The molecular formula is C25H27NO. The van der Waals surface area contributed by atoms with Crippen molar-refractivity contribution in [3.8, 4) is 0 Å². The van der Waals surface area contributed by atoms with Gasteiger partial charge in [-0.25, -0.2) is 0 Å². The van der Waals surface area contributed by atoms with Gasteiger partial charge in [-0.1, -0.05) is 91.0 Å². The van der Waals surface area contributed by atoms with Crippen LogP contribution in [0, 0.1) is 0 Å². The largest absolute Gasteiger partial charge is 0.365 e. The molecule has 2 atom stereocenters. The highest BCUT2D eigenvalue weighted by atomic mass is 16.6. The number of hydrogen-bond donors (Lipinski definition) is 0. The van der Waals surface area contributed by atoms with Crippen molar-refractivity contribution in [2.75, 3.05) is 0 Å². The van der Waals surface area contributed by atoms with Crippen LogP contribution >= 0.6 is 0 Å². The van der Waals surface area contributed by atoms with Gasteiger partial charge in [-0.15, -0.1) is 0 Å². The van der Waals surface area contributed by atoms with E-state index >= 15 is 0 Å². The lowest BCUT2D eigenvalue weighted by molar-refractivity contribution is 0.145. The van der Waals surface area contributed by atoms with Crippen LogP contribution in [0.15, 0.2) is 91.0 Å². The van der Waals surface area contributed by atoms with Crippen LogP contribution in [0.4, 0.5) is 0 Å². The average molecular weight is 357 g/mol. The van der Waals surface area contributed by atoms with Crippen LogP contribution in [0.2, 0.25) is 0 Å². The van der Waals surface area contributed by atoms with Crippen LogP contribution in [0.5, 0.6) is 0 Å². The summed E-state index contributed by atoms with van der Waals surface area (Å²) >= 11 is 0. The maximum Gasteiger partial charge on any atom is 0.106 e. The Bertz CT molecular complexity index is 804. The zero-order valence-electron chi connectivity index (χ0n) is 16.1. The van der Waals surface area contributed by atoms with Gasteiger partial charge in [0, 0.05) is 13.1 Å². The molecular weight excluding hydrogens is 330 g/mol. The van der Waals surface area contributed by atoms with Gasteiger partial charge in [-0.3, -0.25) is 4.90 Å². The van der Waals surface area contributed by atoms with Crippen LogP contribution in [-0.4, -0.2) is 16.6 Å². The van der Waals surface area contributed by atoms with E-state index in [1.165, 1.54) is 16.7 Å². The first-order valence-corrected chi connectivity index (χ1v) is 9.68. The van der Waals surface area contributed by atoms with Gasteiger partial charge < -0.3 is 4.74 Å². The number of hydrogen-bond acceptors (Lipinski definition) is 2. The van der Waals surface area contributed by atoms with Gasteiger partial charge in [0.1, 0.15) is 6.10 Å². The molecule has 0 N–H and O–H groups in total. The van der Waals surface area contributed by atoms with Crippen molar-refractivity contribution in [1.82, 2.24) is 4.90 Å². The number of rotatable bonds is 7. The Balaban J connectivity index is 1.69. The van der Waals surface area contributed by atoms with Crippen molar-refractivity contribution >= 4 is 0 Å². The molecule has 1 fully saturated rings. The Labute approximate surface area is 162 Å². The maximum atomic E-state index is 6.14. The molecule has 2 nitrogen and oxygen atoms in total. The van der Waals surface area contributed by atoms with Crippen LogP contribution in [-0.2, 0) is 17.8 Å². The molecule has 27 heavy (non-hydrogen) atoms. The molecule has 138 valence electrons. The molecule has 3 aromatic carbocycles. The molecule has 3 aromatic rings. The minimum absolute atomic E-state index is 0.0772. The topological polar surface area (TPSA) is 15.8 Å². The van der Waals surface area contributed by atoms with Crippen molar-refractivity contribution < 1.29 is 4.74 Å². The van der Waals surface area contributed by atoms with Crippen LogP contribution in [0.1, 0.15) is 36.6 Å². The molecule has 0 amide bonds. The van der Waals surface area contributed by atoms with Gasteiger partial charge in [0.2, 0.25) is 0 Å². The monoisotopic (exact) mass is 357 g/mol. The standard InChI is InChI=1S/C25H27NO/c1-25(2)24(27-25)23(22-16-10-5-11-17-22)26(18-20-12-6-3-7-13-20)19-21-14-8-4-9-15-21/h3-17,23-24H,18-19H2,1-2H3/t23-,24+/m0/s1. The second-order valence-corrected chi connectivity index (χ2v) is 7.87. The molecule has 0 aliphatic carbocycles. The lowest BCUT2D eigenvalue weighted by atomic mass is 9.94. The molecule has 1 aliphatic heterocycles. The van der Waals surface area contributed by atoms with Gasteiger partial charge in [0.15, 0.2) is 0 Å². The third-order valence-electron chi connectivity index (χ3n) is 5.34. The Kier molecular flexibility index (Phi) is 5.11. The summed E-state index contributed by atoms with van der Waals surface area (Å²) in [6, 6.07) is 32.5. The average Bonchev–Trinajstić information content (AvgIpc) is 3.32. The third kappa shape index (κ3) is 4.29. The van der Waals surface area contributed by atoms with E-state index in [9.17, 15) is 0 Å². The lowest BCUT2D eigenvalue weighted by Crippen LogP contribution is -2.33. The molecule has 4 rings (SSSR count). The van der Waals surface area contributed by atoms with Gasteiger partial charge in [-0.2, -0.15) is 0 Å². The first kappa shape index (κ1) is 18.0. The second-order valence-electron chi connectivity index (χ2n) is 7.87. The minimum Gasteiger partial charge on any atom is -0.365 e. The SMILES string of the molecule is CC1(C)O[C@@H]1[C@H](c1ccccc1)N(Cc1ccccc1)Cc1ccccc1. The summed E-state index contributed by atoms with van der Waals surface area (Å²) in [4.78, 5) is 2.55. The highest BCUT2D eigenvalue weighted by Gasteiger charge is 2.54. The summed E-state index contributed by atoms with van der Waals surface area (Å²) in [5, 5.41) is 0. The third-order valence-corrected chi connectivity index (χ3v) is 5.34. The number of ether oxygens (including phenoxy) is 1. The molecule has 0 spiro atoms. The van der Waals surface area contributed by atoms with Crippen molar-refractivity contribution in [2.45, 2.75) is 44.7 Å². The molecule has 0 bridgehead atoms. The van der Waals surface area contributed by atoms with Crippen molar-refractivity contribution in [1.29, 1.82) is 0 Å². The van der Waals surface area contributed by atoms with Crippen molar-refractivity contribution in [3.63, 3.8) is 0 Å². The normalized spacial score (nSPS) is 19.0. The van der Waals surface area contributed by atoms with Gasteiger partial charge in [-0.05, 0) is 30.5 Å². The van der Waals surface area contributed by atoms with Gasteiger partial charge in [0.05, 0.1) is 11.6 Å². The molecule has 0 saturated carbocycles. The van der Waals surface area contributed by atoms with Crippen molar-refractivity contribution in [2.24, 2.45) is 0 Å². The van der Waals surface area contributed by atoms with Gasteiger partial charge in [0.25, 0.3) is 0 Å². The van der Waals surface area contributed by atoms with E-state index in [0.29, 0.717) is 0 Å². The van der Waals surface area contributed by atoms with Crippen LogP contribution in [0.25, 0.3) is 0 Å². The fraction of sp³-hybridized carbons (Fsp3) is 0.280. The molecule has 1 saturated heterocycles. The summed E-state index contributed by atoms with van der Waals surface area (Å²) in [6.07, 6.45) is 0.201. The zero-order chi connectivity index (χ0) is 18.7. The van der Waals surface area contributed by atoms with E-state index in [0.717, 1.165) is 13.1 Å². The summed E-state index contributed by atoms with van der Waals surface area (Å²) < 4.78 is 6.14. The predicted molar refractivity (Wildman–Crippen MR) is 110 cm³/mol. The Hall–Kier alpha value is -2.42. The Morgan fingerprint density at radius 1 is 0.741 bits per heavy atom. The first-order chi connectivity index (χ1) is 13.1. The fourth-order valence-electron chi connectivity index (χ4n) is 3.85. The highest BCUT2D eigenvalue weighted by Crippen LogP contribution is 2.47. The van der Waals surface area contributed by atoms with E-state index < -0.39 is 0 Å². The molecule has 1 aliphatic rings. The smallest absolute Gasteiger partial charge is 0.106 e. The quantitative estimate of drug-likeness (QED) is 0.511. The number of benzene rings is 3. The molecule has 0 unspecified atom stereocenters. The summed E-state index contributed by atoms with van der Waals surface area (Å²) in [6.45, 7) is 6.17. The van der Waals surface area contributed by atoms with E-state index in [-0.39, 0.29) is 17.7 Å². The summed E-state index contributed by atoms with van der Waals surface area (Å²) in [5.74, 6) is 0. The molecule has 0 aromatic heterocycles. The first-order valence-electron chi connectivity index (χ1n) is 9.68. The Morgan fingerprint density at radius 3 is 1.56 bits per heavy atom. The van der Waals surface area contributed by atoms with Crippen LogP contribution < -0.4 is 0 Å². The lowest BCUT2D eigenvalue weighted by Gasteiger charge is -2.32. The highest BCUT2D eigenvalue weighted by molar-refractivity contribution is 5.26. The summed E-state index contributed by atoms with van der Waals surface area (Å²) in [7, 11) is 0. The number of epoxide rings is 1. The number of nitrogens with zero attached hydrogens (tertiary/aromatic N) is 1. The minimum atomic E-state index is -0.0772. The van der Waals surface area contributed by atoms with Crippen molar-refractivity contribution in [3.05, 3.63) is 108 Å². The summed E-state index contributed by atoms with van der Waals surface area (Å²) in [5.41, 5.74) is 3.90. The molecule has 1 heterocycles. The Morgan fingerprint density at radius 2 is 1.15 bits per heavy atom. The van der Waals surface area contributed by atoms with E-state index in [1.54, 1.807) is 0 Å². The zero-order valence-corrected chi connectivity index (χ0v) is 16.1. The second kappa shape index (κ2) is 7.67. The fourth-order valence-corrected chi connectivity index (χ4v) is 3.85. The van der Waals surface area contributed by atoms with Crippen LogP contribution in [0.3, 0.4) is 0 Å². The van der Waals surface area contributed by atoms with E-state index in [4.69, 9.17) is 4.74 Å². The maximum absolute atomic E-state index is 6.14. The van der Waals surface area contributed by atoms with E-state index in [2.05, 4.69) is 110 Å². The predicted octanol–water partition coefficient (Wildman–Crippen LogP) is 5.61. The molecule has 0 radical (unpaired) electrons. The van der Waals surface area contributed by atoms with E-state index in [1.807, 2.05) is 0 Å². The molecule has 2 heteroatoms.